The van der Waals surface area contributed by atoms with Crippen LogP contribution in [0.5, 0.6) is 0 Å². The lowest BCUT2D eigenvalue weighted by Crippen LogP contribution is -2.22. The molecule has 100 valence electrons. The van der Waals surface area contributed by atoms with Gasteiger partial charge in [0.05, 0.1) is 11.9 Å². The summed E-state index contributed by atoms with van der Waals surface area (Å²) in [5.41, 5.74) is 6.67. The van der Waals surface area contributed by atoms with Crippen LogP contribution in [0.2, 0.25) is 0 Å². The van der Waals surface area contributed by atoms with Crippen molar-refractivity contribution in [2.75, 3.05) is 11.5 Å². The summed E-state index contributed by atoms with van der Waals surface area (Å²) >= 11 is 0. The summed E-state index contributed by atoms with van der Waals surface area (Å²) in [5, 5.41) is 0. The lowest BCUT2D eigenvalue weighted by Gasteiger charge is -2.08. The largest absolute Gasteiger partial charge is 0.462 e. The smallest absolute Gasteiger partial charge is 0.321 e. The van der Waals surface area contributed by atoms with Gasteiger partial charge in [-0.1, -0.05) is 12.1 Å². The van der Waals surface area contributed by atoms with E-state index in [-0.39, 0.29) is 11.9 Å². The Hall–Kier alpha value is -1.56. The van der Waals surface area contributed by atoms with E-state index in [9.17, 15) is 13.2 Å². The molecule has 1 aromatic carbocycles. The van der Waals surface area contributed by atoms with E-state index in [4.69, 9.17) is 10.5 Å². The van der Waals surface area contributed by atoms with Gasteiger partial charge in [-0.3, -0.25) is 4.79 Å². The summed E-state index contributed by atoms with van der Waals surface area (Å²) in [6.45, 7) is 3.34. The highest BCUT2D eigenvalue weighted by atomic mass is 32.2. The zero-order valence-corrected chi connectivity index (χ0v) is 11.2. The lowest BCUT2D eigenvalue weighted by atomic mass is 10.2. The number of nitrogen functional groups attached to an aromatic ring is 1. The van der Waals surface area contributed by atoms with Gasteiger partial charge in [-0.2, -0.15) is 0 Å². The number of sulfone groups is 1. The number of esters is 1. The number of carbonyl (C=O) groups excluding carboxylic acids is 1. The molecule has 1 rings (SSSR count). The van der Waals surface area contributed by atoms with Crippen LogP contribution < -0.4 is 5.73 Å². The van der Waals surface area contributed by atoms with Crippen molar-refractivity contribution in [1.29, 1.82) is 0 Å². The SMILES string of the molecule is CC(C)OC(=O)CS(=O)(=O)Cc1ccc(N)cc1. The van der Waals surface area contributed by atoms with Gasteiger partial charge < -0.3 is 10.5 Å². The lowest BCUT2D eigenvalue weighted by molar-refractivity contribution is -0.144. The Balaban J connectivity index is 2.65. The van der Waals surface area contributed by atoms with Crippen molar-refractivity contribution in [2.24, 2.45) is 0 Å². The van der Waals surface area contributed by atoms with Crippen LogP contribution >= 0.6 is 0 Å². The molecule has 0 fully saturated rings. The molecule has 18 heavy (non-hydrogen) atoms. The Labute approximate surface area is 107 Å². The van der Waals surface area contributed by atoms with Crippen LogP contribution in [0.3, 0.4) is 0 Å². The Morgan fingerprint density at radius 2 is 1.83 bits per heavy atom. The normalized spacial score (nSPS) is 11.5. The van der Waals surface area contributed by atoms with Crippen LogP contribution in [-0.2, 0) is 25.1 Å². The summed E-state index contributed by atoms with van der Waals surface area (Å²) < 4.78 is 28.3. The number of hydrogen-bond acceptors (Lipinski definition) is 5. The van der Waals surface area contributed by atoms with Crippen LogP contribution in [-0.4, -0.2) is 26.2 Å². The summed E-state index contributed by atoms with van der Waals surface area (Å²) in [6.07, 6.45) is -0.316. The minimum absolute atomic E-state index is 0.194. The van der Waals surface area contributed by atoms with E-state index in [1.165, 1.54) is 0 Å². The minimum atomic E-state index is -3.51. The van der Waals surface area contributed by atoms with Crippen molar-refractivity contribution in [2.45, 2.75) is 25.7 Å². The Morgan fingerprint density at radius 3 is 2.33 bits per heavy atom. The Bertz CT molecular complexity index is 505. The number of benzene rings is 1. The van der Waals surface area contributed by atoms with E-state index in [0.29, 0.717) is 11.3 Å². The van der Waals surface area contributed by atoms with E-state index >= 15 is 0 Å². The molecule has 0 unspecified atom stereocenters. The first-order chi connectivity index (χ1) is 8.28. The van der Waals surface area contributed by atoms with Crippen LogP contribution in [0, 0.1) is 0 Å². The van der Waals surface area contributed by atoms with E-state index in [1.807, 2.05) is 0 Å². The van der Waals surface area contributed by atoms with E-state index < -0.39 is 21.6 Å². The van der Waals surface area contributed by atoms with Gasteiger partial charge in [-0.25, -0.2) is 8.42 Å². The second-order valence-electron chi connectivity index (χ2n) is 4.31. The average molecular weight is 271 g/mol. The number of carbonyl (C=O) groups is 1. The van der Waals surface area contributed by atoms with Crippen molar-refractivity contribution in [3.8, 4) is 0 Å². The predicted molar refractivity (Wildman–Crippen MR) is 69.6 cm³/mol. The molecular weight excluding hydrogens is 254 g/mol. The maximum atomic E-state index is 11.7. The molecule has 6 heteroatoms. The second-order valence-corrected chi connectivity index (χ2v) is 6.38. The standard InChI is InChI=1S/C12H17NO4S/c1-9(2)17-12(14)8-18(15,16)7-10-3-5-11(13)6-4-10/h3-6,9H,7-8,13H2,1-2H3. The molecule has 0 saturated carbocycles. The first kappa shape index (κ1) is 14.5. The van der Waals surface area contributed by atoms with Gasteiger partial charge in [0, 0.05) is 5.69 Å². The van der Waals surface area contributed by atoms with E-state index in [2.05, 4.69) is 0 Å². The molecule has 0 bridgehead atoms. The van der Waals surface area contributed by atoms with Crippen molar-refractivity contribution in [1.82, 2.24) is 0 Å². The van der Waals surface area contributed by atoms with Crippen molar-refractivity contribution in [3.63, 3.8) is 0 Å². The number of ether oxygens (including phenoxy) is 1. The number of anilines is 1. The molecule has 0 aromatic heterocycles. The fourth-order valence-electron chi connectivity index (χ4n) is 1.40. The highest BCUT2D eigenvalue weighted by molar-refractivity contribution is 7.91. The van der Waals surface area contributed by atoms with Gasteiger partial charge in [0.15, 0.2) is 9.84 Å². The fourth-order valence-corrected chi connectivity index (χ4v) is 2.62. The molecule has 0 spiro atoms. The fraction of sp³-hybridized carbons (Fsp3) is 0.417. The molecule has 0 heterocycles. The van der Waals surface area contributed by atoms with E-state index in [0.717, 1.165) is 0 Å². The zero-order valence-electron chi connectivity index (χ0n) is 10.4. The molecule has 0 aliphatic heterocycles. The van der Waals surface area contributed by atoms with Gasteiger partial charge >= 0.3 is 5.97 Å². The molecule has 0 atom stereocenters. The maximum absolute atomic E-state index is 11.7. The van der Waals surface area contributed by atoms with Crippen LogP contribution in [0.4, 0.5) is 5.69 Å². The van der Waals surface area contributed by atoms with Crippen molar-refractivity contribution < 1.29 is 17.9 Å². The molecule has 5 nitrogen and oxygen atoms in total. The first-order valence-electron chi connectivity index (χ1n) is 5.53. The van der Waals surface area contributed by atoms with Gasteiger partial charge in [-0.05, 0) is 31.5 Å². The third-order valence-electron chi connectivity index (χ3n) is 2.07. The monoisotopic (exact) mass is 271 g/mol. The third-order valence-corrected chi connectivity index (χ3v) is 3.52. The van der Waals surface area contributed by atoms with Crippen LogP contribution in [0.25, 0.3) is 0 Å². The van der Waals surface area contributed by atoms with Crippen molar-refractivity contribution >= 4 is 21.5 Å². The highest BCUT2D eigenvalue weighted by Gasteiger charge is 2.19. The number of hydrogen-bond donors (Lipinski definition) is 1. The summed E-state index contributed by atoms with van der Waals surface area (Å²) in [7, 11) is -3.51. The molecule has 0 saturated heterocycles. The molecule has 1 aromatic rings. The van der Waals surface area contributed by atoms with Gasteiger partial charge in [0.25, 0.3) is 0 Å². The number of nitrogens with two attached hydrogens (primary N) is 1. The molecular formula is C12H17NO4S. The average Bonchev–Trinajstić information content (AvgIpc) is 2.18. The van der Waals surface area contributed by atoms with Crippen molar-refractivity contribution in [3.05, 3.63) is 29.8 Å². The Morgan fingerprint density at radius 1 is 1.28 bits per heavy atom. The molecule has 0 aliphatic rings. The quantitative estimate of drug-likeness (QED) is 0.641. The number of rotatable bonds is 5. The predicted octanol–water partition coefficient (Wildman–Crippen LogP) is 1.14. The van der Waals surface area contributed by atoms with E-state index in [1.54, 1.807) is 38.1 Å². The summed E-state index contributed by atoms with van der Waals surface area (Å²) in [5.74, 6) is -1.52. The molecule has 2 N–H and O–H groups in total. The van der Waals surface area contributed by atoms with Crippen LogP contribution in [0.1, 0.15) is 19.4 Å². The second kappa shape index (κ2) is 5.86. The summed E-state index contributed by atoms with van der Waals surface area (Å²) in [4.78, 5) is 11.3. The highest BCUT2D eigenvalue weighted by Crippen LogP contribution is 2.10. The van der Waals surface area contributed by atoms with Gasteiger partial charge in [-0.15, -0.1) is 0 Å². The zero-order chi connectivity index (χ0) is 13.8. The van der Waals surface area contributed by atoms with Gasteiger partial charge in [0.1, 0.15) is 5.75 Å². The first-order valence-corrected chi connectivity index (χ1v) is 7.35. The van der Waals surface area contributed by atoms with Gasteiger partial charge in [0.2, 0.25) is 0 Å². The Kier molecular flexibility index (Phi) is 4.72. The molecule has 0 aliphatic carbocycles. The molecule has 0 radical (unpaired) electrons. The third kappa shape index (κ3) is 5.18. The topological polar surface area (TPSA) is 86.5 Å². The minimum Gasteiger partial charge on any atom is -0.462 e. The maximum Gasteiger partial charge on any atom is 0.321 e. The summed E-state index contributed by atoms with van der Waals surface area (Å²) in [6, 6.07) is 6.50. The van der Waals surface area contributed by atoms with Crippen LogP contribution in [0.15, 0.2) is 24.3 Å². The molecule has 0 amide bonds.